The van der Waals surface area contributed by atoms with Gasteiger partial charge < -0.3 is 14.7 Å². The third-order valence-electron chi connectivity index (χ3n) is 6.23. The Kier molecular flexibility index (Phi) is 7.29. The van der Waals surface area contributed by atoms with Crippen molar-refractivity contribution in [1.82, 2.24) is 4.90 Å². The summed E-state index contributed by atoms with van der Waals surface area (Å²) in [7, 11) is 1.62. The number of aliphatic hydroxyl groups is 1. The largest absolute Gasteiger partial charge is 0.495 e. The van der Waals surface area contributed by atoms with Crippen molar-refractivity contribution in [2.75, 3.05) is 26.7 Å². The Morgan fingerprint density at radius 1 is 1.06 bits per heavy atom. The molecule has 0 saturated carbocycles. The van der Waals surface area contributed by atoms with Crippen molar-refractivity contribution in [2.45, 2.75) is 31.8 Å². The van der Waals surface area contributed by atoms with Gasteiger partial charge in [-0.1, -0.05) is 71.8 Å². The summed E-state index contributed by atoms with van der Waals surface area (Å²) in [5.74, 6) is 0.671. The summed E-state index contributed by atoms with van der Waals surface area (Å²) in [6, 6.07) is 20.5. The van der Waals surface area contributed by atoms with Crippen molar-refractivity contribution in [1.29, 1.82) is 0 Å². The Bertz CT molecular complexity index is 1040. The van der Waals surface area contributed by atoms with E-state index < -0.39 is 6.10 Å². The number of allylic oxidation sites excluding steroid dienone is 1. The van der Waals surface area contributed by atoms with Crippen LogP contribution in [0.25, 0.3) is 10.8 Å². The van der Waals surface area contributed by atoms with Gasteiger partial charge in [0, 0.05) is 25.0 Å². The first-order valence-electron chi connectivity index (χ1n) is 11.0. The molecule has 0 radical (unpaired) electrons. The van der Waals surface area contributed by atoms with Crippen LogP contribution in [0.4, 0.5) is 0 Å². The van der Waals surface area contributed by atoms with Gasteiger partial charge in [-0.3, -0.25) is 0 Å². The van der Waals surface area contributed by atoms with Gasteiger partial charge in [0.05, 0.1) is 18.2 Å². The molecule has 1 fully saturated rings. The Morgan fingerprint density at radius 2 is 1.84 bits per heavy atom. The summed E-state index contributed by atoms with van der Waals surface area (Å²) in [4.78, 5) is 2.46. The summed E-state index contributed by atoms with van der Waals surface area (Å²) in [5.41, 5.74) is 3.87. The van der Waals surface area contributed by atoms with E-state index in [-0.39, 0.29) is 0 Å². The number of piperidine rings is 1. The fourth-order valence-electron chi connectivity index (χ4n) is 4.27. The zero-order valence-corrected chi connectivity index (χ0v) is 18.8. The van der Waals surface area contributed by atoms with Crippen LogP contribution in [0.1, 0.15) is 36.5 Å². The van der Waals surface area contributed by atoms with E-state index in [0.717, 1.165) is 61.7 Å². The van der Waals surface area contributed by atoms with Gasteiger partial charge in [-0.25, -0.2) is 0 Å². The van der Waals surface area contributed by atoms with Gasteiger partial charge in [-0.2, -0.15) is 0 Å². The van der Waals surface area contributed by atoms with E-state index in [9.17, 15) is 5.11 Å². The van der Waals surface area contributed by atoms with E-state index in [1.54, 1.807) is 12.7 Å². The van der Waals surface area contributed by atoms with Crippen molar-refractivity contribution in [3.63, 3.8) is 0 Å². The number of fused-ring (bicyclic) bond motifs is 1. The highest BCUT2D eigenvalue weighted by Gasteiger charge is 2.16. The number of hydrogen-bond donors (Lipinski definition) is 1. The summed E-state index contributed by atoms with van der Waals surface area (Å²) < 4.78 is 5.29. The summed E-state index contributed by atoms with van der Waals surface area (Å²) in [6.45, 7) is 3.05. The number of nitrogens with zero attached hydrogens (tertiary/aromatic N) is 1. The maximum atomic E-state index is 10.7. The predicted molar refractivity (Wildman–Crippen MR) is 129 cm³/mol. The standard InChI is InChI=1S/C27H30ClNO2/c1-31-26-12-10-22-19-23(9-11-24(22)27(26)28)25(30)15-18-29-16-13-21(14-17-29)8-7-20-5-3-2-4-6-20/h2-6,8-12,19,25,30H,7,13-18H2,1H3. The van der Waals surface area contributed by atoms with E-state index in [2.05, 4.69) is 41.3 Å². The molecule has 1 aliphatic heterocycles. The van der Waals surface area contributed by atoms with Gasteiger partial charge in [-0.05, 0) is 54.3 Å². The van der Waals surface area contributed by atoms with Crippen LogP contribution in [-0.2, 0) is 6.42 Å². The minimum absolute atomic E-state index is 0.472. The van der Waals surface area contributed by atoms with Crippen molar-refractivity contribution < 1.29 is 9.84 Å². The van der Waals surface area contributed by atoms with Gasteiger partial charge in [0.15, 0.2) is 0 Å². The Hall–Kier alpha value is -2.33. The maximum Gasteiger partial charge on any atom is 0.138 e. The smallest absolute Gasteiger partial charge is 0.138 e. The second-order valence-electron chi connectivity index (χ2n) is 8.26. The zero-order valence-electron chi connectivity index (χ0n) is 18.1. The van der Waals surface area contributed by atoms with Gasteiger partial charge in [0.1, 0.15) is 5.75 Å². The average Bonchev–Trinajstić information content (AvgIpc) is 2.82. The summed E-state index contributed by atoms with van der Waals surface area (Å²) in [6.07, 6.45) is 5.93. The third kappa shape index (κ3) is 5.48. The molecule has 1 heterocycles. The molecule has 0 spiro atoms. The van der Waals surface area contributed by atoms with Gasteiger partial charge in [-0.15, -0.1) is 0 Å². The number of benzene rings is 3. The monoisotopic (exact) mass is 435 g/mol. The van der Waals surface area contributed by atoms with Crippen LogP contribution in [0.5, 0.6) is 5.75 Å². The number of methoxy groups -OCH3 is 1. The van der Waals surface area contributed by atoms with Crippen LogP contribution in [0.15, 0.2) is 72.3 Å². The third-order valence-corrected chi connectivity index (χ3v) is 6.62. The molecule has 0 amide bonds. The molecule has 1 saturated heterocycles. The first-order chi connectivity index (χ1) is 15.1. The van der Waals surface area contributed by atoms with E-state index in [1.807, 2.05) is 30.3 Å². The highest BCUT2D eigenvalue weighted by atomic mass is 35.5. The lowest BCUT2D eigenvalue weighted by Crippen LogP contribution is -2.32. The van der Waals surface area contributed by atoms with Crippen molar-refractivity contribution in [3.8, 4) is 5.75 Å². The van der Waals surface area contributed by atoms with Crippen molar-refractivity contribution in [3.05, 3.63) is 88.5 Å². The zero-order chi connectivity index (χ0) is 21.6. The minimum Gasteiger partial charge on any atom is -0.495 e. The maximum absolute atomic E-state index is 10.7. The second kappa shape index (κ2) is 10.3. The summed E-state index contributed by atoms with van der Waals surface area (Å²) >= 11 is 6.41. The first kappa shape index (κ1) is 21.9. The molecule has 1 unspecified atom stereocenters. The lowest BCUT2D eigenvalue weighted by molar-refractivity contribution is 0.139. The van der Waals surface area contributed by atoms with Crippen LogP contribution in [0.3, 0.4) is 0 Å². The number of aliphatic hydroxyl groups excluding tert-OH is 1. The molecule has 4 heteroatoms. The number of hydrogen-bond acceptors (Lipinski definition) is 3. The molecule has 3 aromatic rings. The second-order valence-corrected chi connectivity index (χ2v) is 8.64. The molecule has 0 aromatic heterocycles. The minimum atomic E-state index is -0.472. The van der Waals surface area contributed by atoms with E-state index >= 15 is 0 Å². The number of rotatable bonds is 7. The predicted octanol–water partition coefficient (Wildman–Crippen LogP) is 6.19. The lowest BCUT2D eigenvalue weighted by Gasteiger charge is -2.29. The van der Waals surface area contributed by atoms with Crippen molar-refractivity contribution >= 4 is 22.4 Å². The molecule has 0 bridgehead atoms. The number of halogens is 1. The lowest BCUT2D eigenvalue weighted by atomic mass is 9.99. The number of likely N-dealkylation sites (tertiary alicyclic amines) is 1. The topological polar surface area (TPSA) is 32.7 Å². The molecular weight excluding hydrogens is 406 g/mol. The van der Waals surface area contributed by atoms with Crippen LogP contribution in [-0.4, -0.2) is 36.8 Å². The van der Waals surface area contributed by atoms with Crippen LogP contribution in [0, 0.1) is 0 Å². The van der Waals surface area contributed by atoms with Crippen LogP contribution in [0.2, 0.25) is 5.02 Å². The van der Waals surface area contributed by atoms with Crippen LogP contribution >= 0.6 is 11.6 Å². The molecule has 1 aliphatic rings. The molecule has 1 N–H and O–H groups in total. The van der Waals surface area contributed by atoms with E-state index in [1.165, 1.54) is 5.56 Å². The van der Waals surface area contributed by atoms with Gasteiger partial charge in [0.2, 0.25) is 0 Å². The molecule has 162 valence electrons. The quantitative estimate of drug-likeness (QED) is 0.449. The van der Waals surface area contributed by atoms with E-state index in [0.29, 0.717) is 10.8 Å². The Labute approximate surface area is 189 Å². The average molecular weight is 436 g/mol. The fraction of sp³-hybridized carbons (Fsp3) is 0.333. The Balaban J connectivity index is 1.29. The van der Waals surface area contributed by atoms with E-state index in [4.69, 9.17) is 16.3 Å². The molecule has 0 aliphatic carbocycles. The molecule has 4 rings (SSSR count). The molecule has 3 aromatic carbocycles. The fourth-order valence-corrected chi connectivity index (χ4v) is 4.58. The normalized spacial score (nSPS) is 15.8. The highest BCUT2D eigenvalue weighted by Crippen LogP contribution is 2.34. The Morgan fingerprint density at radius 3 is 2.58 bits per heavy atom. The SMILES string of the molecule is COc1ccc2cc(C(O)CCN3CCC(=CCc4ccccc4)CC3)ccc2c1Cl. The molecule has 3 nitrogen and oxygen atoms in total. The molecule has 31 heavy (non-hydrogen) atoms. The first-order valence-corrected chi connectivity index (χ1v) is 11.4. The highest BCUT2D eigenvalue weighted by molar-refractivity contribution is 6.37. The molecular formula is C27H30ClNO2. The molecule has 1 atom stereocenters. The van der Waals surface area contributed by atoms with Crippen molar-refractivity contribution in [2.24, 2.45) is 0 Å². The van der Waals surface area contributed by atoms with Gasteiger partial charge >= 0.3 is 0 Å². The van der Waals surface area contributed by atoms with Crippen LogP contribution < -0.4 is 4.74 Å². The number of ether oxygens (including phenoxy) is 1. The van der Waals surface area contributed by atoms with Gasteiger partial charge in [0.25, 0.3) is 0 Å². The summed E-state index contributed by atoms with van der Waals surface area (Å²) in [5, 5.41) is 13.3.